The number of hydrogen-bond donors (Lipinski definition) is 2. The van der Waals surface area contributed by atoms with E-state index in [1.165, 1.54) is 19.5 Å². The molecule has 0 spiro atoms. The molecule has 0 radical (unpaired) electrons. The smallest absolute Gasteiger partial charge is 0.313 e. The minimum absolute atomic E-state index is 0.222. The van der Waals surface area contributed by atoms with E-state index in [1.807, 2.05) is 0 Å². The summed E-state index contributed by atoms with van der Waals surface area (Å²) >= 11 is 0. The first kappa shape index (κ1) is 13.3. The molecule has 102 valence electrons. The first-order valence-electron chi connectivity index (χ1n) is 5.98. The number of methoxy groups -OCH3 is 1. The van der Waals surface area contributed by atoms with Crippen molar-refractivity contribution in [3.63, 3.8) is 0 Å². The number of carbonyl (C=O) groups excluding carboxylic acids is 2. The largest absolute Gasteiger partial charge is 0.469 e. The lowest BCUT2D eigenvalue weighted by Crippen LogP contribution is -2.35. The molecule has 2 N–H and O–H groups in total. The van der Waals surface area contributed by atoms with Gasteiger partial charge in [-0.25, -0.2) is 9.97 Å². The van der Waals surface area contributed by atoms with Crippen molar-refractivity contribution in [2.45, 2.75) is 12.8 Å². The minimum atomic E-state index is -0.539. The normalized spacial score (nSPS) is 15.5. The van der Waals surface area contributed by atoms with Crippen LogP contribution in [0.25, 0.3) is 0 Å². The second kappa shape index (κ2) is 5.21. The van der Waals surface area contributed by atoms with Gasteiger partial charge in [0.2, 0.25) is 0 Å². The molecule has 1 fully saturated rings. The summed E-state index contributed by atoms with van der Waals surface area (Å²) in [5.74, 6) is -0.0282. The standard InChI is InChI=1S/C12H16N4O3/c1-13-9-6-14-8(5-15-9)10(17)16-7-12(3-4-12)11(18)19-2/h5-6H,3-4,7H2,1-2H3,(H,13,15)(H,16,17). The predicted octanol–water partition coefficient (Wildman–Crippen LogP) is 0.201. The SMILES string of the molecule is CNc1cnc(C(=O)NCC2(C(=O)OC)CC2)cn1. The molecule has 0 bridgehead atoms. The van der Waals surface area contributed by atoms with Crippen molar-refractivity contribution < 1.29 is 14.3 Å². The molecule has 7 heteroatoms. The third kappa shape index (κ3) is 2.81. The molecular formula is C12H16N4O3. The second-order valence-corrected chi connectivity index (χ2v) is 4.49. The van der Waals surface area contributed by atoms with Gasteiger partial charge in [-0.05, 0) is 12.8 Å². The Bertz CT molecular complexity index is 482. The van der Waals surface area contributed by atoms with E-state index in [1.54, 1.807) is 7.05 Å². The fraction of sp³-hybridized carbons (Fsp3) is 0.500. The van der Waals surface area contributed by atoms with Crippen LogP contribution in [-0.4, -0.2) is 42.5 Å². The molecule has 1 aromatic heterocycles. The predicted molar refractivity (Wildman–Crippen MR) is 67.6 cm³/mol. The Hall–Kier alpha value is -2.18. The first-order valence-corrected chi connectivity index (χ1v) is 5.98. The maximum absolute atomic E-state index is 11.8. The van der Waals surface area contributed by atoms with Crippen molar-refractivity contribution in [3.05, 3.63) is 18.1 Å². The van der Waals surface area contributed by atoms with Gasteiger partial charge in [0.1, 0.15) is 11.5 Å². The van der Waals surface area contributed by atoms with E-state index in [2.05, 4.69) is 20.6 Å². The fourth-order valence-electron chi connectivity index (χ4n) is 1.73. The van der Waals surface area contributed by atoms with Gasteiger partial charge in [-0.2, -0.15) is 0 Å². The highest BCUT2D eigenvalue weighted by Crippen LogP contribution is 2.46. The van der Waals surface area contributed by atoms with Crippen molar-refractivity contribution in [2.75, 3.05) is 26.0 Å². The molecule has 0 atom stereocenters. The Labute approximate surface area is 110 Å². The quantitative estimate of drug-likeness (QED) is 0.738. The van der Waals surface area contributed by atoms with Gasteiger partial charge >= 0.3 is 5.97 Å². The van der Waals surface area contributed by atoms with Crippen LogP contribution in [0, 0.1) is 5.41 Å². The lowest BCUT2D eigenvalue weighted by Gasteiger charge is -2.13. The maximum atomic E-state index is 11.8. The molecule has 0 saturated heterocycles. The van der Waals surface area contributed by atoms with Gasteiger partial charge < -0.3 is 15.4 Å². The highest BCUT2D eigenvalue weighted by Gasteiger charge is 2.51. The zero-order chi connectivity index (χ0) is 13.9. The van der Waals surface area contributed by atoms with Gasteiger partial charge in [-0.15, -0.1) is 0 Å². The summed E-state index contributed by atoms with van der Waals surface area (Å²) in [5, 5.41) is 5.51. The number of anilines is 1. The first-order chi connectivity index (χ1) is 9.11. The number of nitrogens with zero attached hydrogens (tertiary/aromatic N) is 2. The summed E-state index contributed by atoms with van der Waals surface area (Å²) in [4.78, 5) is 31.3. The lowest BCUT2D eigenvalue weighted by molar-refractivity contribution is -0.146. The number of esters is 1. The molecule has 19 heavy (non-hydrogen) atoms. The van der Waals surface area contributed by atoms with Crippen LogP contribution < -0.4 is 10.6 Å². The van der Waals surface area contributed by atoms with Crippen LogP contribution in [0.5, 0.6) is 0 Å². The third-order valence-electron chi connectivity index (χ3n) is 3.20. The number of amides is 1. The topological polar surface area (TPSA) is 93.2 Å². The zero-order valence-corrected chi connectivity index (χ0v) is 10.9. The summed E-state index contributed by atoms with van der Waals surface area (Å²) in [6.07, 6.45) is 4.34. The minimum Gasteiger partial charge on any atom is -0.469 e. The monoisotopic (exact) mass is 264 g/mol. The molecular weight excluding hydrogens is 248 g/mol. The van der Waals surface area contributed by atoms with Crippen LogP contribution in [0.4, 0.5) is 5.82 Å². The van der Waals surface area contributed by atoms with E-state index in [-0.39, 0.29) is 24.1 Å². The molecule has 7 nitrogen and oxygen atoms in total. The van der Waals surface area contributed by atoms with Crippen LogP contribution in [0.2, 0.25) is 0 Å². The van der Waals surface area contributed by atoms with E-state index in [4.69, 9.17) is 4.74 Å². The van der Waals surface area contributed by atoms with E-state index in [9.17, 15) is 9.59 Å². The number of hydrogen-bond acceptors (Lipinski definition) is 6. The van der Waals surface area contributed by atoms with Gasteiger partial charge in [-0.1, -0.05) is 0 Å². The Balaban J connectivity index is 1.92. The molecule has 1 heterocycles. The fourth-order valence-corrected chi connectivity index (χ4v) is 1.73. The Morgan fingerprint density at radius 1 is 1.37 bits per heavy atom. The van der Waals surface area contributed by atoms with Gasteiger partial charge in [0.25, 0.3) is 5.91 Å². The second-order valence-electron chi connectivity index (χ2n) is 4.49. The lowest BCUT2D eigenvalue weighted by atomic mass is 10.1. The Morgan fingerprint density at radius 2 is 2.11 bits per heavy atom. The van der Waals surface area contributed by atoms with Crippen LogP contribution >= 0.6 is 0 Å². The summed E-state index contributed by atoms with van der Waals surface area (Å²) in [5.41, 5.74) is -0.317. The van der Waals surface area contributed by atoms with E-state index < -0.39 is 5.41 Å². The van der Waals surface area contributed by atoms with Gasteiger partial charge in [0.15, 0.2) is 0 Å². The number of ether oxygens (including phenoxy) is 1. The average molecular weight is 264 g/mol. The van der Waals surface area contributed by atoms with E-state index in [0.717, 1.165) is 12.8 Å². The number of aromatic nitrogens is 2. The summed E-state index contributed by atoms with van der Waals surface area (Å²) in [6.45, 7) is 0.272. The van der Waals surface area contributed by atoms with Crippen molar-refractivity contribution in [3.8, 4) is 0 Å². The molecule has 0 aliphatic heterocycles. The molecule has 2 rings (SSSR count). The average Bonchev–Trinajstić information content (AvgIpc) is 3.25. The van der Waals surface area contributed by atoms with Crippen molar-refractivity contribution in [2.24, 2.45) is 5.41 Å². The number of nitrogens with one attached hydrogen (secondary N) is 2. The summed E-state index contributed by atoms with van der Waals surface area (Å²) < 4.78 is 4.72. The van der Waals surface area contributed by atoms with Crippen LogP contribution in [0.3, 0.4) is 0 Å². The van der Waals surface area contributed by atoms with Gasteiger partial charge in [-0.3, -0.25) is 9.59 Å². The van der Waals surface area contributed by atoms with Crippen molar-refractivity contribution in [1.29, 1.82) is 0 Å². The number of carbonyl (C=O) groups is 2. The zero-order valence-electron chi connectivity index (χ0n) is 10.9. The summed E-state index contributed by atoms with van der Waals surface area (Å²) in [7, 11) is 3.07. The molecule has 1 saturated carbocycles. The van der Waals surface area contributed by atoms with Crippen LogP contribution in [0.1, 0.15) is 23.3 Å². The summed E-state index contributed by atoms with van der Waals surface area (Å²) in [6, 6.07) is 0. The van der Waals surface area contributed by atoms with Crippen LogP contribution in [-0.2, 0) is 9.53 Å². The molecule has 1 amide bonds. The van der Waals surface area contributed by atoms with Gasteiger partial charge in [0.05, 0.1) is 24.9 Å². The number of rotatable bonds is 5. The van der Waals surface area contributed by atoms with Crippen molar-refractivity contribution in [1.82, 2.24) is 15.3 Å². The van der Waals surface area contributed by atoms with E-state index >= 15 is 0 Å². The molecule has 0 unspecified atom stereocenters. The highest BCUT2D eigenvalue weighted by atomic mass is 16.5. The molecule has 0 aromatic carbocycles. The third-order valence-corrected chi connectivity index (χ3v) is 3.20. The molecule has 1 aliphatic carbocycles. The molecule has 1 aliphatic rings. The van der Waals surface area contributed by atoms with Crippen LogP contribution in [0.15, 0.2) is 12.4 Å². The maximum Gasteiger partial charge on any atom is 0.313 e. The highest BCUT2D eigenvalue weighted by molar-refractivity contribution is 5.92. The van der Waals surface area contributed by atoms with Gasteiger partial charge in [0, 0.05) is 13.6 Å². The Morgan fingerprint density at radius 3 is 2.58 bits per heavy atom. The van der Waals surface area contributed by atoms with E-state index in [0.29, 0.717) is 5.82 Å². The van der Waals surface area contributed by atoms with Crippen molar-refractivity contribution >= 4 is 17.7 Å². The molecule has 1 aromatic rings. The Kier molecular flexibility index (Phi) is 3.64.